The second-order valence-corrected chi connectivity index (χ2v) is 3.58. The van der Waals surface area contributed by atoms with Crippen molar-refractivity contribution in [3.8, 4) is 11.8 Å². The third-order valence-electron chi connectivity index (χ3n) is 1.84. The number of benzene rings is 1. The summed E-state index contributed by atoms with van der Waals surface area (Å²) in [6.45, 7) is 0. The summed E-state index contributed by atoms with van der Waals surface area (Å²) < 4.78 is 0.923. The molecule has 1 aromatic carbocycles. The van der Waals surface area contributed by atoms with Crippen LogP contribution >= 0.6 is 11.3 Å². The average molecular weight is 190 g/mol. The van der Waals surface area contributed by atoms with Crippen molar-refractivity contribution < 1.29 is 5.11 Å². The highest BCUT2D eigenvalue weighted by Gasteiger charge is 2.06. The molecule has 64 valence electrons. The minimum atomic E-state index is -0.0138. The SMILES string of the molecule is N#Cc1cc2scc(N)c2cc1O. The van der Waals surface area contributed by atoms with Gasteiger partial charge in [-0.1, -0.05) is 0 Å². The molecule has 3 nitrogen and oxygen atoms in total. The molecule has 13 heavy (non-hydrogen) atoms. The summed E-state index contributed by atoms with van der Waals surface area (Å²) >= 11 is 1.46. The summed E-state index contributed by atoms with van der Waals surface area (Å²) in [6, 6.07) is 5.08. The van der Waals surface area contributed by atoms with Gasteiger partial charge in [-0.05, 0) is 12.1 Å². The number of anilines is 1. The highest BCUT2D eigenvalue weighted by molar-refractivity contribution is 7.17. The fraction of sp³-hybridized carbons (Fsp3) is 0. The molecule has 0 aliphatic rings. The van der Waals surface area contributed by atoms with Gasteiger partial charge < -0.3 is 10.8 Å². The summed E-state index contributed by atoms with van der Waals surface area (Å²) in [5, 5.41) is 20.6. The van der Waals surface area contributed by atoms with Crippen LogP contribution in [0.2, 0.25) is 0 Å². The molecule has 1 heterocycles. The third-order valence-corrected chi connectivity index (χ3v) is 2.81. The molecular weight excluding hydrogens is 184 g/mol. The van der Waals surface area contributed by atoms with Crippen LogP contribution < -0.4 is 5.73 Å². The highest BCUT2D eigenvalue weighted by atomic mass is 32.1. The molecule has 0 aliphatic carbocycles. The Bertz CT molecular complexity index is 510. The number of thiophene rings is 1. The minimum Gasteiger partial charge on any atom is -0.507 e. The van der Waals surface area contributed by atoms with E-state index in [1.165, 1.54) is 17.4 Å². The first kappa shape index (κ1) is 7.90. The van der Waals surface area contributed by atoms with Crippen molar-refractivity contribution in [2.24, 2.45) is 0 Å². The van der Waals surface area contributed by atoms with Crippen LogP contribution in [0.5, 0.6) is 5.75 Å². The van der Waals surface area contributed by atoms with Crippen LogP contribution in [-0.4, -0.2) is 5.11 Å². The predicted molar refractivity (Wildman–Crippen MR) is 52.6 cm³/mol. The quantitative estimate of drug-likeness (QED) is 0.668. The molecule has 0 spiro atoms. The van der Waals surface area contributed by atoms with Crippen LogP contribution in [0.4, 0.5) is 5.69 Å². The van der Waals surface area contributed by atoms with Crippen molar-refractivity contribution in [3.63, 3.8) is 0 Å². The largest absolute Gasteiger partial charge is 0.507 e. The molecule has 0 radical (unpaired) electrons. The van der Waals surface area contributed by atoms with Gasteiger partial charge in [0.05, 0.1) is 11.3 Å². The summed E-state index contributed by atoms with van der Waals surface area (Å²) in [5.74, 6) is -0.0138. The molecule has 1 aromatic heterocycles. The Balaban J connectivity index is 2.85. The standard InChI is InChI=1S/C9H6N2OS/c10-3-5-1-9-6(2-8(5)12)7(11)4-13-9/h1-2,4,12H,11H2. The van der Waals surface area contributed by atoms with E-state index in [1.54, 1.807) is 11.4 Å². The zero-order valence-corrected chi connectivity index (χ0v) is 7.43. The van der Waals surface area contributed by atoms with Crippen LogP contribution in [0.3, 0.4) is 0 Å². The van der Waals surface area contributed by atoms with E-state index in [0.717, 1.165) is 10.1 Å². The van der Waals surface area contributed by atoms with Gasteiger partial charge in [0.15, 0.2) is 0 Å². The van der Waals surface area contributed by atoms with Crippen molar-refractivity contribution in [2.75, 3.05) is 5.73 Å². The predicted octanol–water partition coefficient (Wildman–Crippen LogP) is 2.06. The highest BCUT2D eigenvalue weighted by Crippen LogP contribution is 2.32. The summed E-state index contributed by atoms with van der Waals surface area (Å²) in [6.07, 6.45) is 0. The van der Waals surface area contributed by atoms with Gasteiger partial charge in [0.2, 0.25) is 0 Å². The Hall–Kier alpha value is -1.73. The van der Waals surface area contributed by atoms with Gasteiger partial charge in [-0.2, -0.15) is 5.26 Å². The molecule has 0 fully saturated rings. The van der Waals surface area contributed by atoms with Gasteiger partial charge in [0.25, 0.3) is 0 Å². The molecular formula is C9H6N2OS. The number of nitrogens with zero attached hydrogens (tertiary/aromatic N) is 1. The number of phenolic OH excluding ortho intramolecular Hbond substituents is 1. The van der Waals surface area contributed by atoms with Crippen molar-refractivity contribution in [2.45, 2.75) is 0 Å². The lowest BCUT2D eigenvalue weighted by Crippen LogP contribution is -1.81. The molecule has 0 atom stereocenters. The van der Waals surface area contributed by atoms with Gasteiger partial charge >= 0.3 is 0 Å². The zero-order chi connectivity index (χ0) is 9.42. The Labute approximate surface area is 78.6 Å². The minimum absolute atomic E-state index is 0.0138. The molecule has 0 aliphatic heterocycles. The molecule has 0 bridgehead atoms. The van der Waals surface area contributed by atoms with Crippen LogP contribution in [-0.2, 0) is 0 Å². The van der Waals surface area contributed by atoms with E-state index in [1.807, 2.05) is 6.07 Å². The van der Waals surface area contributed by atoms with Gasteiger partial charge in [-0.3, -0.25) is 0 Å². The molecule has 0 amide bonds. The van der Waals surface area contributed by atoms with Gasteiger partial charge in [0.1, 0.15) is 11.8 Å². The van der Waals surface area contributed by atoms with Gasteiger partial charge in [0, 0.05) is 15.5 Å². The van der Waals surface area contributed by atoms with Crippen molar-refractivity contribution in [3.05, 3.63) is 23.1 Å². The van der Waals surface area contributed by atoms with Crippen molar-refractivity contribution >= 4 is 27.1 Å². The second kappa shape index (κ2) is 2.64. The Kier molecular flexibility index (Phi) is 1.61. The smallest absolute Gasteiger partial charge is 0.134 e. The maximum atomic E-state index is 9.38. The number of nitriles is 1. The van der Waals surface area contributed by atoms with Gasteiger partial charge in [-0.25, -0.2) is 0 Å². The Morgan fingerprint density at radius 1 is 1.46 bits per heavy atom. The van der Waals surface area contributed by atoms with E-state index in [4.69, 9.17) is 11.0 Å². The zero-order valence-electron chi connectivity index (χ0n) is 6.61. The number of hydrogen-bond acceptors (Lipinski definition) is 4. The first-order valence-corrected chi connectivity index (χ1v) is 4.50. The van der Waals surface area contributed by atoms with Crippen molar-refractivity contribution in [1.82, 2.24) is 0 Å². The van der Waals surface area contributed by atoms with E-state index >= 15 is 0 Å². The molecule has 0 unspecified atom stereocenters. The lowest BCUT2D eigenvalue weighted by atomic mass is 10.1. The summed E-state index contributed by atoms with van der Waals surface area (Å²) in [5.41, 5.74) is 6.58. The number of aromatic hydroxyl groups is 1. The number of hydrogen-bond donors (Lipinski definition) is 2. The fourth-order valence-electron chi connectivity index (χ4n) is 1.17. The van der Waals surface area contributed by atoms with Crippen LogP contribution in [0.1, 0.15) is 5.56 Å². The van der Waals surface area contributed by atoms with Crippen LogP contribution in [0, 0.1) is 11.3 Å². The number of phenols is 1. The maximum absolute atomic E-state index is 9.38. The molecule has 0 saturated carbocycles. The van der Waals surface area contributed by atoms with Crippen LogP contribution in [0.25, 0.3) is 10.1 Å². The van der Waals surface area contributed by atoms with Crippen molar-refractivity contribution in [1.29, 1.82) is 5.26 Å². The molecule has 2 aromatic rings. The molecule has 2 rings (SSSR count). The number of nitrogens with two attached hydrogens (primary N) is 1. The second-order valence-electron chi connectivity index (χ2n) is 2.67. The fourth-order valence-corrected chi connectivity index (χ4v) is 2.04. The van der Waals surface area contributed by atoms with E-state index in [9.17, 15) is 5.11 Å². The summed E-state index contributed by atoms with van der Waals surface area (Å²) in [7, 11) is 0. The number of rotatable bonds is 0. The van der Waals surface area contributed by atoms with E-state index in [2.05, 4.69) is 0 Å². The number of fused-ring (bicyclic) bond motifs is 1. The maximum Gasteiger partial charge on any atom is 0.134 e. The topological polar surface area (TPSA) is 70.0 Å². The first-order valence-electron chi connectivity index (χ1n) is 3.62. The van der Waals surface area contributed by atoms with E-state index in [0.29, 0.717) is 5.69 Å². The molecule has 0 saturated heterocycles. The number of nitrogen functional groups attached to an aromatic ring is 1. The monoisotopic (exact) mass is 190 g/mol. The molecule has 3 N–H and O–H groups in total. The van der Waals surface area contributed by atoms with Crippen LogP contribution in [0.15, 0.2) is 17.5 Å². The summed E-state index contributed by atoms with van der Waals surface area (Å²) in [4.78, 5) is 0. The normalized spacial score (nSPS) is 10.1. The Morgan fingerprint density at radius 2 is 2.23 bits per heavy atom. The van der Waals surface area contributed by atoms with E-state index < -0.39 is 0 Å². The Morgan fingerprint density at radius 3 is 2.92 bits per heavy atom. The molecule has 4 heteroatoms. The lowest BCUT2D eigenvalue weighted by molar-refractivity contribution is 0.474. The first-order chi connectivity index (χ1) is 6.22. The van der Waals surface area contributed by atoms with E-state index in [-0.39, 0.29) is 11.3 Å². The third kappa shape index (κ3) is 1.10. The van der Waals surface area contributed by atoms with Gasteiger partial charge in [-0.15, -0.1) is 11.3 Å². The average Bonchev–Trinajstić information content (AvgIpc) is 2.47. The lowest BCUT2D eigenvalue weighted by Gasteiger charge is -1.96.